The third-order valence-electron chi connectivity index (χ3n) is 29.8. The monoisotopic (exact) mass is 1940 g/mol. The van der Waals surface area contributed by atoms with Gasteiger partial charge in [-0.3, -0.25) is 39.6 Å². The number of carboxylic acid groups (broad SMARTS) is 4. The third kappa shape index (κ3) is 19.0. The van der Waals surface area contributed by atoms with E-state index in [9.17, 15) is 57.2 Å². The Labute approximate surface area is 804 Å². The molecule has 0 spiro atoms. The predicted octanol–water partition coefficient (Wildman–Crippen LogP) is 24.6. The molecule has 0 bridgehead atoms. The number of halogens is 8. The second-order valence-electron chi connectivity index (χ2n) is 38.0. The van der Waals surface area contributed by atoms with Crippen LogP contribution in [0.2, 0.25) is 20.1 Å². The fourth-order valence-electron chi connectivity index (χ4n) is 22.9. The number of hydrogen-bond acceptors (Lipinski definition) is 12. The van der Waals surface area contributed by atoms with Gasteiger partial charge in [-0.2, -0.15) is 20.4 Å². The average molecular weight is 1940 g/mol. The van der Waals surface area contributed by atoms with Crippen molar-refractivity contribution in [1.29, 1.82) is 0 Å². The van der Waals surface area contributed by atoms with E-state index in [4.69, 9.17) is 65.4 Å². The fraction of sp³-hybridized carbons (Fsp3) is 0.390. The molecule has 0 unspecified atom stereocenters. The first-order chi connectivity index (χ1) is 66.5. The largest absolute Gasteiger partial charge is 0.481 e. The Morgan fingerprint density at radius 3 is 0.942 bits per heavy atom. The highest BCUT2D eigenvalue weighted by molar-refractivity contribution is 6.32. The second-order valence-corrected chi connectivity index (χ2v) is 39.7. The van der Waals surface area contributed by atoms with Crippen molar-refractivity contribution in [2.24, 2.45) is 29.6 Å². The van der Waals surface area contributed by atoms with Crippen molar-refractivity contribution in [3.8, 4) is 22.7 Å². The zero-order valence-electron chi connectivity index (χ0n) is 75.2. The summed E-state index contributed by atoms with van der Waals surface area (Å²) in [7, 11) is 0. The number of nitrogens with zero attached hydrogens (tertiary/aromatic N) is 8. The number of aromatic nitrogens is 12. The Hall–Kier alpha value is -11.6. The van der Waals surface area contributed by atoms with Crippen LogP contribution in [0.4, 0.5) is 17.6 Å². The van der Waals surface area contributed by atoms with Crippen LogP contribution in [0.3, 0.4) is 0 Å². The molecular formula is C105H104Cl4F4N12O12. The van der Waals surface area contributed by atoms with E-state index in [2.05, 4.69) is 95.5 Å². The quantitative estimate of drug-likeness (QED) is 0.0329. The van der Waals surface area contributed by atoms with Crippen LogP contribution in [0, 0.1) is 52.9 Å². The van der Waals surface area contributed by atoms with Crippen LogP contribution in [-0.2, 0) is 57.4 Å². The molecule has 23 rings (SSSR count). The number of benzene rings is 8. The van der Waals surface area contributed by atoms with Crippen LogP contribution in [0.5, 0.6) is 0 Å². The van der Waals surface area contributed by atoms with Gasteiger partial charge in [-0.25, -0.2) is 17.6 Å². The van der Waals surface area contributed by atoms with Gasteiger partial charge in [0, 0.05) is 178 Å². The van der Waals surface area contributed by atoms with Gasteiger partial charge in [-0.1, -0.05) is 46.4 Å². The fourth-order valence-corrected chi connectivity index (χ4v) is 23.6. The van der Waals surface area contributed by atoms with Crippen molar-refractivity contribution in [2.75, 3.05) is 52.9 Å². The highest BCUT2D eigenvalue weighted by Crippen LogP contribution is 2.53. The summed E-state index contributed by atoms with van der Waals surface area (Å²) < 4.78 is 87.8. The standard InChI is InChI=1S/2C28H29ClFN3O3.C26H25ClFN3O3.C23H21ClFN3O3/c2*29-23-13-20(5-6-24(23)30)33-26-12-19-15-31-32-25(19)14-21(26)22(27(33)17-7-9-36-10-8-17)11-16-1-3-18(4-2-16)28(34)35;27-20-11-18(1-2-21(20)28)31-23-10-17-13-29-30-22(17)12-19(23)25(16-7-14(8-16)9-24(32)33)26(31)15-3-5-34-6-4-15;24-18-10-15(1-3-19(18)25)28-21-9-14-12-26-27-20(14)11-17(21)16(2-4-22(29)30)23(28)13-5-7-31-8-6-13/h2*5-6,12-18H,1-4,7-11H2,(H,31,32)(H,34,35);1-2,10-16H,3-9H2,(H,29,30)(H,32,33);1,3,9-13H,2,4-8H2,(H,26,27)(H,29,30). The summed E-state index contributed by atoms with van der Waals surface area (Å²) in [6.07, 6.45) is 25.0. The predicted molar refractivity (Wildman–Crippen MR) is 520 cm³/mol. The first-order valence-electron chi connectivity index (χ1n) is 47.5. The van der Waals surface area contributed by atoms with Crippen molar-refractivity contribution in [3.63, 3.8) is 0 Å². The maximum absolute atomic E-state index is 14.1. The second kappa shape index (κ2) is 40.1. The minimum absolute atomic E-state index is 0.0283. The Morgan fingerprint density at radius 2 is 0.635 bits per heavy atom. The lowest BCUT2D eigenvalue weighted by atomic mass is 9.68. The molecule has 0 atom stereocenters. The molecule has 137 heavy (non-hydrogen) atoms. The Morgan fingerprint density at radius 1 is 0.343 bits per heavy atom. The smallest absolute Gasteiger partial charge is 0.306 e. The Bertz CT molecular complexity index is 7030. The molecule has 4 aliphatic heterocycles. The van der Waals surface area contributed by atoms with Gasteiger partial charge in [0.1, 0.15) is 23.3 Å². The average Bonchev–Trinajstić information content (AvgIpc) is 1.56. The molecule has 8 aromatic heterocycles. The molecule has 24 nitrogen and oxygen atoms in total. The number of fused-ring (bicyclic) bond motifs is 8. The van der Waals surface area contributed by atoms with Crippen LogP contribution in [0.1, 0.15) is 203 Å². The molecule has 712 valence electrons. The van der Waals surface area contributed by atoms with Gasteiger partial charge in [0.2, 0.25) is 0 Å². The number of aryl methyl sites for hydroxylation is 1. The molecule has 12 heterocycles. The molecular weight excluding hydrogens is 1840 g/mol. The number of H-pyrrole nitrogens is 4. The summed E-state index contributed by atoms with van der Waals surface area (Å²) in [5.41, 5.74) is 20.8. The molecule has 8 N–H and O–H groups in total. The highest BCUT2D eigenvalue weighted by Gasteiger charge is 2.41. The number of aromatic amines is 4. The first kappa shape index (κ1) is 93.1. The zero-order valence-corrected chi connectivity index (χ0v) is 78.2. The first-order valence-corrected chi connectivity index (χ1v) is 49.1. The van der Waals surface area contributed by atoms with Crippen molar-refractivity contribution < 1.29 is 76.1 Å². The number of hydrogen-bond donors (Lipinski definition) is 8. The number of rotatable bonds is 20. The topological polar surface area (TPSA) is 321 Å². The minimum Gasteiger partial charge on any atom is -0.481 e. The summed E-state index contributed by atoms with van der Waals surface area (Å²) in [6, 6.07) is 36.5. The number of carbonyl (C=O) groups is 4. The van der Waals surface area contributed by atoms with Crippen molar-refractivity contribution >= 4 is 158 Å². The summed E-state index contributed by atoms with van der Waals surface area (Å²) in [4.78, 5) is 45.7. The van der Waals surface area contributed by atoms with Crippen LogP contribution < -0.4 is 0 Å². The van der Waals surface area contributed by atoms with Gasteiger partial charge in [-0.05, 0) is 302 Å². The van der Waals surface area contributed by atoms with Gasteiger partial charge in [0.05, 0.1) is 101 Å². The van der Waals surface area contributed by atoms with E-state index < -0.39 is 47.1 Å². The van der Waals surface area contributed by atoms with E-state index in [1.165, 1.54) is 58.0 Å². The normalized spacial score (nSPS) is 19.9. The number of nitrogens with one attached hydrogen (secondary N) is 4. The Kier molecular flexibility index (Phi) is 27.2. The summed E-state index contributed by atoms with van der Waals surface area (Å²) in [5.74, 6) is -2.77. The van der Waals surface area contributed by atoms with E-state index in [0.717, 1.165) is 250 Å². The van der Waals surface area contributed by atoms with E-state index in [0.29, 0.717) is 82.9 Å². The van der Waals surface area contributed by atoms with Gasteiger partial charge < -0.3 is 57.6 Å². The van der Waals surface area contributed by atoms with Crippen LogP contribution in [0.15, 0.2) is 146 Å². The van der Waals surface area contributed by atoms with Crippen molar-refractivity contribution in [2.45, 2.75) is 177 Å². The molecule has 0 amide bonds. The highest BCUT2D eigenvalue weighted by atomic mass is 35.5. The number of aliphatic carboxylic acids is 4. The number of ether oxygens (including phenoxy) is 4. The lowest BCUT2D eigenvalue weighted by molar-refractivity contribution is -0.144. The number of carboxylic acids is 4. The lowest BCUT2D eigenvalue weighted by Crippen LogP contribution is -2.26. The van der Waals surface area contributed by atoms with E-state index in [-0.39, 0.29) is 68.4 Å². The molecule has 16 aromatic rings. The van der Waals surface area contributed by atoms with Gasteiger partial charge in [0.25, 0.3) is 0 Å². The lowest BCUT2D eigenvalue weighted by Gasteiger charge is -2.37. The zero-order chi connectivity index (χ0) is 94.6. The summed E-state index contributed by atoms with van der Waals surface area (Å²) >= 11 is 24.9. The van der Waals surface area contributed by atoms with E-state index in [1.807, 2.05) is 30.7 Å². The minimum atomic E-state index is -0.841. The van der Waals surface area contributed by atoms with E-state index >= 15 is 0 Å². The summed E-state index contributed by atoms with van der Waals surface area (Å²) in [5, 5.41) is 75.4. The van der Waals surface area contributed by atoms with Gasteiger partial charge >= 0.3 is 23.9 Å². The van der Waals surface area contributed by atoms with Crippen LogP contribution in [0.25, 0.3) is 110 Å². The molecule has 0 radical (unpaired) electrons. The van der Waals surface area contributed by atoms with Crippen molar-refractivity contribution in [3.05, 3.63) is 235 Å². The molecule has 3 aliphatic carbocycles. The Balaban J connectivity index is 0.000000113. The van der Waals surface area contributed by atoms with Crippen LogP contribution in [-0.4, -0.2) is 156 Å². The summed E-state index contributed by atoms with van der Waals surface area (Å²) in [6.45, 7) is 5.56. The molecule has 7 aliphatic rings. The maximum Gasteiger partial charge on any atom is 0.306 e. The molecule has 4 saturated heterocycles. The molecule has 8 aromatic carbocycles. The molecule has 32 heteroatoms. The molecule has 7 fully saturated rings. The van der Waals surface area contributed by atoms with Crippen molar-refractivity contribution in [1.82, 2.24) is 59.1 Å². The maximum atomic E-state index is 14.1. The third-order valence-corrected chi connectivity index (χ3v) is 30.9. The SMILES string of the molecule is O=C(O)C1CCC(Cc2c(C3CCOCC3)n(-c3ccc(F)c(Cl)c3)c3cc4cn[nH]c4cc23)CC1.O=C(O)C1CCC(Cc2c(C3CCOCC3)n(-c3ccc(F)c(Cl)c3)c3cc4cn[nH]c4cc23)CC1.O=C(O)CC1CC(c2c(C3CCOCC3)n(-c3ccc(F)c(Cl)c3)c3cc4cn[nH]c4cc23)C1.O=C(O)CCc1c(C2CCOCC2)n(-c2ccc(F)c(Cl)c2)c2cc3cn[nH]c3cc12. The van der Waals surface area contributed by atoms with Crippen LogP contribution >= 0.6 is 46.4 Å². The van der Waals surface area contributed by atoms with E-state index in [1.54, 1.807) is 54.7 Å². The van der Waals surface area contributed by atoms with Gasteiger partial charge in [-0.15, -0.1) is 0 Å². The molecule has 3 saturated carbocycles. The van der Waals surface area contributed by atoms with Gasteiger partial charge in [0.15, 0.2) is 0 Å².